The summed E-state index contributed by atoms with van der Waals surface area (Å²) >= 11 is 0. The van der Waals surface area contributed by atoms with Gasteiger partial charge in [-0.3, -0.25) is 4.79 Å². The van der Waals surface area contributed by atoms with Crippen molar-refractivity contribution in [3.05, 3.63) is 65.2 Å². The Bertz CT molecular complexity index is 777. The van der Waals surface area contributed by atoms with Crippen LogP contribution in [0.25, 0.3) is 0 Å². The van der Waals surface area contributed by atoms with Crippen LogP contribution in [0.5, 0.6) is 0 Å². The second-order valence-electron chi connectivity index (χ2n) is 5.85. The topological polar surface area (TPSA) is 53.4 Å². The third kappa shape index (κ3) is 3.63. The molecule has 1 aliphatic heterocycles. The van der Waals surface area contributed by atoms with Gasteiger partial charge < -0.3 is 10.0 Å². The molecule has 8 heteroatoms. The molecule has 2 heterocycles. The number of nitrogens with zero attached hydrogens (tertiary/aromatic N) is 2. The Labute approximate surface area is 140 Å². The second-order valence-corrected chi connectivity index (χ2v) is 5.85. The predicted molar refractivity (Wildman–Crippen MR) is 80.0 cm³/mol. The van der Waals surface area contributed by atoms with E-state index in [0.29, 0.717) is 0 Å². The Morgan fingerprint density at radius 2 is 2.00 bits per heavy atom. The molecule has 25 heavy (non-hydrogen) atoms. The number of β-amino-alcohol motifs (C(OH)–C–C–N with tert-alkyl or cyclic N) is 1. The average Bonchev–Trinajstić information content (AvgIpc) is 2.96. The van der Waals surface area contributed by atoms with E-state index in [9.17, 15) is 27.5 Å². The van der Waals surface area contributed by atoms with E-state index in [1.807, 2.05) is 0 Å². The molecule has 0 saturated carbocycles. The first-order chi connectivity index (χ1) is 11.8. The molecule has 1 aromatic heterocycles. The van der Waals surface area contributed by atoms with Crippen molar-refractivity contribution in [2.75, 3.05) is 6.54 Å². The van der Waals surface area contributed by atoms with Gasteiger partial charge in [-0.25, -0.2) is 9.37 Å². The minimum Gasteiger partial charge on any atom is -0.391 e. The van der Waals surface area contributed by atoms with E-state index in [0.717, 1.165) is 24.4 Å². The number of aromatic nitrogens is 1. The summed E-state index contributed by atoms with van der Waals surface area (Å²) in [4.78, 5) is 17.5. The number of pyridine rings is 1. The number of hydrogen-bond donors (Lipinski definition) is 1. The van der Waals surface area contributed by atoms with Gasteiger partial charge in [0, 0.05) is 6.54 Å². The first-order valence-electron chi connectivity index (χ1n) is 7.53. The van der Waals surface area contributed by atoms with Crippen LogP contribution in [0.1, 0.15) is 34.1 Å². The van der Waals surface area contributed by atoms with Crippen molar-refractivity contribution in [1.29, 1.82) is 0 Å². The fraction of sp³-hybridized carbons (Fsp3) is 0.294. The van der Waals surface area contributed by atoms with E-state index in [1.165, 1.54) is 23.1 Å². The van der Waals surface area contributed by atoms with Crippen molar-refractivity contribution >= 4 is 5.91 Å². The summed E-state index contributed by atoms with van der Waals surface area (Å²) in [6.07, 6.45) is -4.35. The van der Waals surface area contributed by atoms with Crippen LogP contribution in [0.3, 0.4) is 0 Å². The molecular formula is C17H14F4N2O2. The Kier molecular flexibility index (Phi) is 4.47. The largest absolute Gasteiger partial charge is 0.416 e. The monoisotopic (exact) mass is 354 g/mol. The van der Waals surface area contributed by atoms with Crippen molar-refractivity contribution in [2.24, 2.45) is 0 Å². The van der Waals surface area contributed by atoms with E-state index in [1.54, 1.807) is 0 Å². The molecule has 1 fully saturated rings. The molecule has 1 N–H and O–H groups in total. The Hall–Kier alpha value is -2.48. The number of alkyl halides is 3. The fourth-order valence-corrected chi connectivity index (χ4v) is 2.93. The fourth-order valence-electron chi connectivity index (χ4n) is 2.93. The minimum absolute atomic E-state index is 0.0290. The summed E-state index contributed by atoms with van der Waals surface area (Å²) < 4.78 is 51.7. The third-order valence-electron chi connectivity index (χ3n) is 4.09. The molecule has 0 aliphatic carbocycles. The highest BCUT2D eigenvalue weighted by molar-refractivity contribution is 5.92. The van der Waals surface area contributed by atoms with Crippen LogP contribution in [0.4, 0.5) is 17.6 Å². The van der Waals surface area contributed by atoms with Gasteiger partial charge in [0.25, 0.3) is 5.91 Å². The zero-order valence-electron chi connectivity index (χ0n) is 12.9. The van der Waals surface area contributed by atoms with Gasteiger partial charge in [0.05, 0.1) is 23.9 Å². The van der Waals surface area contributed by atoms with E-state index < -0.39 is 35.6 Å². The van der Waals surface area contributed by atoms with Crippen LogP contribution in [0, 0.1) is 5.82 Å². The standard InChI is InChI=1S/C17H14F4N2O2/c18-12-4-5-14(22-8-12)16(25)23-9-13(24)7-15(23)10-2-1-3-11(6-10)17(19,20)21/h1-6,8,13,15,24H,7,9H2/t13-,15+/m1/s1. The predicted octanol–water partition coefficient (Wildman–Crippen LogP) is 3.19. The molecule has 2 atom stereocenters. The summed E-state index contributed by atoms with van der Waals surface area (Å²) in [5.74, 6) is -1.17. The number of hydrogen-bond acceptors (Lipinski definition) is 3. The van der Waals surface area contributed by atoms with Crippen molar-refractivity contribution in [1.82, 2.24) is 9.88 Å². The summed E-state index contributed by atoms with van der Waals surface area (Å²) in [5.41, 5.74) is -0.576. The number of carbonyl (C=O) groups is 1. The Morgan fingerprint density at radius 1 is 1.24 bits per heavy atom. The smallest absolute Gasteiger partial charge is 0.391 e. The number of aliphatic hydroxyl groups excluding tert-OH is 1. The molecule has 1 aromatic carbocycles. The molecular weight excluding hydrogens is 340 g/mol. The molecule has 1 saturated heterocycles. The van der Waals surface area contributed by atoms with Crippen LogP contribution in [-0.4, -0.2) is 33.5 Å². The number of benzene rings is 1. The summed E-state index contributed by atoms with van der Waals surface area (Å²) in [6, 6.07) is 6.23. The molecule has 3 rings (SSSR count). The molecule has 1 amide bonds. The molecule has 4 nitrogen and oxygen atoms in total. The van der Waals surface area contributed by atoms with Crippen LogP contribution >= 0.6 is 0 Å². The maximum absolute atomic E-state index is 13.0. The normalized spacial score (nSPS) is 20.8. The van der Waals surface area contributed by atoms with Crippen LogP contribution in [0.2, 0.25) is 0 Å². The highest BCUT2D eigenvalue weighted by Crippen LogP contribution is 2.36. The van der Waals surface area contributed by atoms with Gasteiger partial charge in [-0.1, -0.05) is 12.1 Å². The lowest BCUT2D eigenvalue weighted by Crippen LogP contribution is -2.32. The average molecular weight is 354 g/mol. The van der Waals surface area contributed by atoms with Crippen molar-refractivity contribution in [2.45, 2.75) is 24.7 Å². The van der Waals surface area contributed by atoms with Gasteiger partial charge in [0.15, 0.2) is 0 Å². The van der Waals surface area contributed by atoms with Crippen molar-refractivity contribution in [3.63, 3.8) is 0 Å². The van der Waals surface area contributed by atoms with E-state index in [2.05, 4.69) is 4.98 Å². The van der Waals surface area contributed by atoms with E-state index >= 15 is 0 Å². The molecule has 0 spiro atoms. The number of rotatable bonds is 2. The van der Waals surface area contributed by atoms with Gasteiger partial charge in [0.2, 0.25) is 0 Å². The maximum Gasteiger partial charge on any atom is 0.416 e. The van der Waals surface area contributed by atoms with Crippen LogP contribution in [0.15, 0.2) is 42.6 Å². The zero-order valence-corrected chi connectivity index (χ0v) is 12.9. The number of amides is 1. The molecule has 132 valence electrons. The second kappa shape index (κ2) is 6.44. The minimum atomic E-state index is -4.50. The van der Waals surface area contributed by atoms with E-state index in [-0.39, 0.29) is 24.2 Å². The number of likely N-dealkylation sites (tertiary alicyclic amines) is 1. The lowest BCUT2D eigenvalue weighted by Gasteiger charge is -2.25. The highest BCUT2D eigenvalue weighted by atomic mass is 19.4. The summed E-state index contributed by atoms with van der Waals surface area (Å²) in [6.45, 7) is -0.0290. The molecule has 1 aliphatic rings. The first-order valence-corrected chi connectivity index (χ1v) is 7.53. The molecule has 0 unspecified atom stereocenters. The lowest BCUT2D eigenvalue weighted by atomic mass is 10.0. The van der Waals surface area contributed by atoms with Gasteiger partial charge in [-0.15, -0.1) is 0 Å². The van der Waals surface area contributed by atoms with Crippen molar-refractivity contribution in [3.8, 4) is 0 Å². The SMILES string of the molecule is O=C(c1ccc(F)cn1)N1C[C@H](O)C[C@H]1c1cccc(C(F)(F)F)c1. The van der Waals surface area contributed by atoms with Gasteiger partial charge >= 0.3 is 6.18 Å². The Morgan fingerprint density at radius 3 is 2.64 bits per heavy atom. The number of aliphatic hydroxyl groups is 1. The zero-order chi connectivity index (χ0) is 18.2. The van der Waals surface area contributed by atoms with Crippen LogP contribution in [-0.2, 0) is 6.18 Å². The van der Waals surface area contributed by atoms with Crippen LogP contribution < -0.4 is 0 Å². The molecule has 0 bridgehead atoms. The first kappa shape index (κ1) is 17.3. The molecule has 2 aromatic rings. The maximum atomic E-state index is 13.0. The van der Waals surface area contributed by atoms with Gasteiger partial charge in [0.1, 0.15) is 11.5 Å². The highest BCUT2D eigenvalue weighted by Gasteiger charge is 2.38. The Balaban J connectivity index is 1.92. The summed E-state index contributed by atoms with van der Waals surface area (Å²) in [7, 11) is 0. The third-order valence-corrected chi connectivity index (χ3v) is 4.09. The number of carbonyl (C=O) groups excluding carboxylic acids is 1. The number of halogens is 4. The molecule has 0 radical (unpaired) electrons. The lowest BCUT2D eigenvalue weighted by molar-refractivity contribution is -0.137. The van der Waals surface area contributed by atoms with Gasteiger partial charge in [-0.05, 0) is 36.2 Å². The van der Waals surface area contributed by atoms with Crippen molar-refractivity contribution < 1.29 is 27.5 Å². The quantitative estimate of drug-likeness (QED) is 0.843. The summed E-state index contributed by atoms with van der Waals surface area (Å²) in [5, 5.41) is 9.90. The van der Waals surface area contributed by atoms with Gasteiger partial charge in [-0.2, -0.15) is 13.2 Å². The van der Waals surface area contributed by atoms with E-state index in [4.69, 9.17) is 0 Å².